The summed E-state index contributed by atoms with van der Waals surface area (Å²) in [6.45, 7) is 7.65. The van der Waals surface area contributed by atoms with E-state index in [9.17, 15) is 4.79 Å². The summed E-state index contributed by atoms with van der Waals surface area (Å²) >= 11 is 0. The molecule has 1 fully saturated rings. The second kappa shape index (κ2) is 8.55. The molecule has 0 unspecified atom stereocenters. The first-order valence-electron chi connectivity index (χ1n) is 8.48. The Morgan fingerprint density at radius 1 is 1.35 bits per heavy atom. The number of aromatic nitrogens is 2. The third-order valence-corrected chi connectivity index (χ3v) is 3.88. The van der Waals surface area contributed by atoms with Gasteiger partial charge in [0.25, 0.3) is 0 Å². The molecule has 1 aromatic rings. The number of carbonyl (C=O) groups is 1. The summed E-state index contributed by atoms with van der Waals surface area (Å²) in [7, 11) is 1.86. The summed E-state index contributed by atoms with van der Waals surface area (Å²) < 4.78 is 1.72. The molecule has 7 nitrogen and oxygen atoms in total. The van der Waals surface area contributed by atoms with Gasteiger partial charge in [0.15, 0.2) is 5.96 Å². The van der Waals surface area contributed by atoms with E-state index in [2.05, 4.69) is 29.3 Å². The number of amides is 1. The lowest BCUT2D eigenvalue weighted by Gasteiger charge is -2.35. The molecule has 0 bridgehead atoms. The molecule has 128 valence electrons. The zero-order chi connectivity index (χ0) is 16.7. The Morgan fingerprint density at radius 3 is 2.78 bits per heavy atom. The second-order valence-electron chi connectivity index (χ2n) is 5.78. The SMILES string of the molecule is CCCCCN=C(NCC)N1CCN(c2cnn(C)c2)C(=O)C1. The van der Waals surface area contributed by atoms with Gasteiger partial charge in [-0.05, 0) is 13.3 Å². The monoisotopic (exact) mass is 320 g/mol. The van der Waals surface area contributed by atoms with Crippen LogP contribution in [0, 0.1) is 0 Å². The molecule has 0 aliphatic carbocycles. The normalized spacial score (nSPS) is 16.1. The van der Waals surface area contributed by atoms with Crippen molar-refractivity contribution in [3.8, 4) is 0 Å². The van der Waals surface area contributed by atoms with E-state index in [1.165, 1.54) is 12.8 Å². The number of nitrogens with one attached hydrogen (secondary N) is 1. The van der Waals surface area contributed by atoms with Gasteiger partial charge in [0, 0.05) is 39.4 Å². The first-order chi connectivity index (χ1) is 11.2. The standard InChI is InChI=1S/C16H28N6O/c1-4-6-7-8-18-16(17-5-2)21-9-10-22(15(23)13-21)14-11-19-20(3)12-14/h11-12H,4-10,13H2,1-3H3,(H,17,18). The summed E-state index contributed by atoms with van der Waals surface area (Å²) in [5.74, 6) is 0.936. The van der Waals surface area contributed by atoms with Gasteiger partial charge < -0.3 is 15.1 Å². The number of nitrogens with zero attached hydrogens (tertiary/aromatic N) is 5. The Kier molecular flexibility index (Phi) is 6.43. The fourth-order valence-electron chi connectivity index (χ4n) is 2.65. The molecule has 7 heteroatoms. The van der Waals surface area contributed by atoms with Gasteiger partial charge in [-0.1, -0.05) is 19.8 Å². The van der Waals surface area contributed by atoms with Crippen molar-refractivity contribution in [3.63, 3.8) is 0 Å². The highest BCUT2D eigenvalue weighted by Crippen LogP contribution is 2.16. The highest BCUT2D eigenvalue weighted by atomic mass is 16.2. The van der Waals surface area contributed by atoms with Crippen LogP contribution < -0.4 is 10.2 Å². The molecule has 23 heavy (non-hydrogen) atoms. The van der Waals surface area contributed by atoms with Gasteiger partial charge in [0.05, 0.1) is 11.9 Å². The molecule has 0 aromatic carbocycles. The van der Waals surface area contributed by atoms with E-state index in [0.717, 1.165) is 37.7 Å². The number of aliphatic imine (C=N–C) groups is 1. The second-order valence-corrected chi connectivity index (χ2v) is 5.78. The molecule has 1 N–H and O–H groups in total. The number of carbonyl (C=O) groups excluding carboxylic acids is 1. The van der Waals surface area contributed by atoms with E-state index in [1.807, 2.05) is 18.1 Å². The number of unbranched alkanes of at least 4 members (excludes halogenated alkanes) is 2. The van der Waals surface area contributed by atoms with Crippen LogP contribution >= 0.6 is 0 Å². The summed E-state index contributed by atoms with van der Waals surface area (Å²) in [5.41, 5.74) is 0.863. The highest BCUT2D eigenvalue weighted by molar-refractivity contribution is 5.98. The van der Waals surface area contributed by atoms with Crippen LogP contribution in [0.15, 0.2) is 17.4 Å². The van der Waals surface area contributed by atoms with Crippen LogP contribution in [0.3, 0.4) is 0 Å². The van der Waals surface area contributed by atoms with Crippen molar-refractivity contribution in [1.29, 1.82) is 0 Å². The van der Waals surface area contributed by atoms with E-state index in [1.54, 1.807) is 15.8 Å². The lowest BCUT2D eigenvalue weighted by Crippen LogP contribution is -2.55. The van der Waals surface area contributed by atoms with Gasteiger partial charge in [-0.15, -0.1) is 0 Å². The van der Waals surface area contributed by atoms with E-state index in [4.69, 9.17) is 0 Å². The van der Waals surface area contributed by atoms with Crippen LogP contribution in [-0.2, 0) is 11.8 Å². The molecule has 1 aliphatic heterocycles. The van der Waals surface area contributed by atoms with Crippen LogP contribution in [0.4, 0.5) is 5.69 Å². The van der Waals surface area contributed by atoms with Crippen LogP contribution in [-0.4, -0.2) is 59.3 Å². The Bertz CT molecular complexity index is 538. The number of hydrogen-bond donors (Lipinski definition) is 1. The fraction of sp³-hybridized carbons (Fsp3) is 0.688. The summed E-state index contributed by atoms with van der Waals surface area (Å²) in [6, 6.07) is 0. The summed E-state index contributed by atoms with van der Waals surface area (Å²) in [6.07, 6.45) is 7.08. The molecule has 1 aromatic heterocycles. The molecule has 1 amide bonds. The summed E-state index contributed by atoms with van der Waals surface area (Å²) in [4.78, 5) is 21.0. The van der Waals surface area contributed by atoms with E-state index in [0.29, 0.717) is 13.1 Å². The van der Waals surface area contributed by atoms with Crippen LogP contribution in [0.1, 0.15) is 33.1 Å². The minimum Gasteiger partial charge on any atom is -0.357 e. The smallest absolute Gasteiger partial charge is 0.246 e. The lowest BCUT2D eigenvalue weighted by molar-refractivity contribution is -0.120. The maximum Gasteiger partial charge on any atom is 0.246 e. The molecule has 2 rings (SSSR count). The number of anilines is 1. The van der Waals surface area contributed by atoms with Crippen molar-refractivity contribution in [2.24, 2.45) is 12.0 Å². The zero-order valence-electron chi connectivity index (χ0n) is 14.5. The van der Waals surface area contributed by atoms with Gasteiger partial charge in [0.2, 0.25) is 5.91 Å². The maximum absolute atomic E-state index is 12.5. The molecular formula is C16H28N6O. The fourth-order valence-corrected chi connectivity index (χ4v) is 2.65. The van der Waals surface area contributed by atoms with Crippen molar-refractivity contribution in [1.82, 2.24) is 20.0 Å². The molecule has 0 spiro atoms. The first-order valence-corrected chi connectivity index (χ1v) is 8.48. The minimum atomic E-state index is 0.0865. The molecule has 0 atom stereocenters. The number of rotatable bonds is 6. The van der Waals surface area contributed by atoms with Crippen LogP contribution in [0.25, 0.3) is 0 Å². The van der Waals surface area contributed by atoms with E-state index < -0.39 is 0 Å². The first kappa shape index (κ1) is 17.3. The molecule has 0 radical (unpaired) electrons. The third kappa shape index (κ3) is 4.71. The third-order valence-electron chi connectivity index (χ3n) is 3.88. The van der Waals surface area contributed by atoms with E-state index in [-0.39, 0.29) is 5.91 Å². The molecular weight excluding hydrogens is 292 g/mol. The Balaban J connectivity index is 1.97. The average Bonchev–Trinajstić information content (AvgIpc) is 2.96. The van der Waals surface area contributed by atoms with Gasteiger partial charge >= 0.3 is 0 Å². The predicted octanol–water partition coefficient (Wildman–Crippen LogP) is 1.22. The van der Waals surface area contributed by atoms with Crippen molar-refractivity contribution in [2.45, 2.75) is 33.1 Å². The Hall–Kier alpha value is -2.05. The van der Waals surface area contributed by atoms with Gasteiger partial charge in [-0.2, -0.15) is 5.10 Å². The molecule has 0 saturated carbocycles. The number of hydrogen-bond acceptors (Lipinski definition) is 3. The van der Waals surface area contributed by atoms with Gasteiger partial charge in [-0.25, -0.2) is 0 Å². The van der Waals surface area contributed by atoms with Crippen LogP contribution in [0.5, 0.6) is 0 Å². The Morgan fingerprint density at radius 2 is 2.17 bits per heavy atom. The number of guanidine groups is 1. The van der Waals surface area contributed by atoms with Crippen molar-refractivity contribution in [2.75, 3.05) is 37.6 Å². The van der Waals surface area contributed by atoms with Crippen molar-refractivity contribution >= 4 is 17.6 Å². The molecule has 1 aliphatic rings. The predicted molar refractivity (Wildman–Crippen MR) is 92.6 cm³/mol. The average molecular weight is 320 g/mol. The topological polar surface area (TPSA) is 65.8 Å². The lowest BCUT2D eigenvalue weighted by atomic mass is 10.2. The maximum atomic E-state index is 12.5. The number of aryl methyl sites for hydroxylation is 1. The van der Waals surface area contributed by atoms with Crippen LogP contribution in [0.2, 0.25) is 0 Å². The largest absolute Gasteiger partial charge is 0.357 e. The quantitative estimate of drug-likeness (QED) is 0.486. The van der Waals surface area contributed by atoms with Crippen molar-refractivity contribution < 1.29 is 4.79 Å². The molecule has 2 heterocycles. The minimum absolute atomic E-state index is 0.0865. The molecule has 1 saturated heterocycles. The Labute approximate surface area is 138 Å². The van der Waals surface area contributed by atoms with E-state index >= 15 is 0 Å². The van der Waals surface area contributed by atoms with Gasteiger partial charge in [0.1, 0.15) is 6.54 Å². The number of piperazine rings is 1. The van der Waals surface area contributed by atoms with Crippen molar-refractivity contribution in [3.05, 3.63) is 12.4 Å². The summed E-state index contributed by atoms with van der Waals surface area (Å²) in [5, 5.41) is 7.44. The van der Waals surface area contributed by atoms with Gasteiger partial charge in [-0.3, -0.25) is 14.5 Å². The highest BCUT2D eigenvalue weighted by Gasteiger charge is 2.27. The zero-order valence-corrected chi connectivity index (χ0v) is 14.5.